The van der Waals surface area contributed by atoms with Crippen LogP contribution in [0.4, 0.5) is 4.39 Å². The fraction of sp³-hybridized carbons (Fsp3) is 0.357. The number of nitrogens with one attached hydrogen (secondary N) is 1. The van der Waals surface area contributed by atoms with Crippen molar-refractivity contribution < 1.29 is 4.39 Å². The monoisotopic (exact) mass is 296 g/mol. The van der Waals surface area contributed by atoms with Crippen LogP contribution in [0.5, 0.6) is 0 Å². The van der Waals surface area contributed by atoms with Gasteiger partial charge < -0.3 is 0 Å². The van der Waals surface area contributed by atoms with Crippen LogP contribution in [0.1, 0.15) is 28.6 Å². The lowest BCUT2D eigenvalue weighted by molar-refractivity contribution is 0.543. The smallest absolute Gasteiger partial charge is 0.142 e. The van der Waals surface area contributed by atoms with Crippen LogP contribution in [-0.2, 0) is 13.5 Å². The second kappa shape index (κ2) is 5.91. The summed E-state index contributed by atoms with van der Waals surface area (Å²) in [5, 5.41) is 4.50. The largest absolute Gasteiger partial charge is 0.272 e. The number of nitrogens with two attached hydrogens (primary N) is 1. The average Bonchev–Trinajstić information content (AvgIpc) is 2.65. The molecule has 0 aliphatic heterocycles. The lowest BCUT2D eigenvalue weighted by atomic mass is 9.98. The first-order valence-electron chi connectivity index (χ1n) is 6.34. The molecule has 0 saturated heterocycles. The van der Waals surface area contributed by atoms with Gasteiger partial charge in [-0.2, -0.15) is 5.10 Å². The molecule has 0 bridgehead atoms. The van der Waals surface area contributed by atoms with Gasteiger partial charge in [0.1, 0.15) is 5.82 Å². The molecule has 1 aromatic heterocycles. The molecule has 2 rings (SSSR count). The molecule has 108 valence electrons. The summed E-state index contributed by atoms with van der Waals surface area (Å²) in [6.07, 6.45) is 0.567. The van der Waals surface area contributed by atoms with Crippen molar-refractivity contribution in [1.29, 1.82) is 0 Å². The second-order valence-corrected chi connectivity index (χ2v) is 5.29. The molecule has 6 heteroatoms. The summed E-state index contributed by atoms with van der Waals surface area (Å²) < 4.78 is 15.3. The molecule has 0 aliphatic rings. The van der Waals surface area contributed by atoms with Gasteiger partial charge in [0.15, 0.2) is 0 Å². The zero-order chi connectivity index (χ0) is 14.9. The molecule has 0 aliphatic carbocycles. The number of aryl methyl sites for hydroxylation is 2. The quantitative estimate of drug-likeness (QED) is 0.673. The Morgan fingerprint density at radius 3 is 2.65 bits per heavy atom. The minimum Gasteiger partial charge on any atom is -0.272 e. The van der Waals surface area contributed by atoms with Crippen molar-refractivity contribution in [3.63, 3.8) is 0 Å². The molecule has 2 aromatic rings. The molecular weight excluding hydrogens is 279 g/mol. The van der Waals surface area contributed by atoms with E-state index in [9.17, 15) is 4.39 Å². The molecule has 20 heavy (non-hydrogen) atoms. The van der Waals surface area contributed by atoms with Gasteiger partial charge in [-0.05, 0) is 38.0 Å². The van der Waals surface area contributed by atoms with Crippen molar-refractivity contribution in [1.82, 2.24) is 15.2 Å². The van der Waals surface area contributed by atoms with Crippen LogP contribution in [0.25, 0.3) is 0 Å². The minimum atomic E-state index is -0.417. The number of aromatic nitrogens is 2. The third kappa shape index (κ3) is 2.85. The standard InChI is InChI=1S/C14H18ClFN4/c1-8-14(9(2)20(3)19-8)13(18-17)7-10-4-5-11(15)12(16)6-10/h4-6,13,18H,7,17H2,1-3H3. The topological polar surface area (TPSA) is 55.9 Å². The Balaban J connectivity index is 2.31. The van der Waals surface area contributed by atoms with Crippen LogP contribution in [0.3, 0.4) is 0 Å². The minimum absolute atomic E-state index is 0.121. The van der Waals surface area contributed by atoms with Crippen LogP contribution < -0.4 is 11.3 Å². The molecule has 0 radical (unpaired) electrons. The third-order valence-electron chi connectivity index (χ3n) is 3.54. The van der Waals surface area contributed by atoms with Crippen molar-refractivity contribution >= 4 is 11.6 Å². The second-order valence-electron chi connectivity index (χ2n) is 4.88. The van der Waals surface area contributed by atoms with Crippen molar-refractivity contribution in [2.45, 2.75) is 26.3 Å². The highest BCUT2D eigenvalue weighted by atomic mass is 35.5. The van der Waals surface area contributed by atoms with Gasteiger partial charge >= 0.3 is 0 Å². The summed E-state index contributed by atoms with van der Waals surface area (Å²) in [5.74, 6) is 5.24. The highest BCUT2D eigenvalue weighted by molar-refractivity contribution is 6.30. The maximum Gasteiger partial charge on any atom is 0.142 e. The van der Waals surface area contributed by atoms with E-state index in [2.05, 4.69) is 10.5 Å². The number of hydrogen-bond acceptors (Lipinski definition) is 3. The Hall–Kier alpha value is -1.43. The summed E-state index contributed by atoms with van der Waals surface area (Å²) in [6.45, 7) is 3.93. The van der Waals surface area contributed by atoms with Gasteiger partial charge in [0.2, 0.25) is 0 Å². The zero-order valence-corrected chi connectivity index (χ0v) is 12.5. The maximum atomic E-state index is 13.5. The highest BCUT2D eigenvalue weighted by Gasteiger charge is 2.19. The van der Waals surface area contributed by atoms with E-state index in [0.29, 0.717) is 6.42 Å². The van der Waals surface area contributed by atoms with E-state index in [1.54, 1.807) is 12.1 Å². The Morgan fingerprint density at radius 2 is 2.15 bits per heavy atom. The Kier molecular flexibility index (Phi) is 4.42. The first kappa shape index (κ1) is 15.0. The van der Waals surface area contributed by atoms with Gasteiger partial charge in [0, 0.05) is 18.3 Å². The molecule has 3 N–H and O–H groups in total. The Bertz CT molecular complexity index is 624. The molecular formula is C14H18ClFN4. The molecule has 0 fully saturated rings. The average molecular weight is 297 g/mol. The summed E-state index contributed by atoms with van der Waals surface area (Å²) in [6, 6.07) is 4.68. The van der Waals surface area contributed by atoms with Gasteiger partial charge in [-0.15, -0.1) is 0 Å². The number of halogens is 2. The predicted molar refractivity (Wildman–Crippen MR) is 77.9 cm³/mol. The van der Waals surface area contributed by atoms with E-state index in [-0.39, 0.29) is 11.1 Å². The van der Waals surface area contributed by atoms with Gasteiger partial charge in [-0.25, -0.2) is 4.39 Å². The van der Waals surface area contributed by atoms with Crippen LogP contribution in [0.15, 0.2) is 18.2 Å². The van der Waals surface area contributed by atoms with Gasteiger partial charge in [-0.3, -0.25) is 16.0 Å². The lowest BCUT2D eigenvalue weighted by Crippen LogP contribution is -2.30. The molecule has 1 heterocycles. The molecule has 1 atom stereocenters. The molecule has 0 spiro atoms. The molecule has 0 amide bonds. The molecule has 1 unspecified atom stereocenters. The number of benzene rings is 1. The number of rotatable bonds is 4. The summed E-state index contributed by atoms with van der Waals surface area (Å²) in [7, 11) is 1.89. The van der Waals surface area contributed by atoms with Crippen LogP contribution in [-0.4, -0.2) is 9.78 Å². The van der Waals surface area contributed by atoms with Crippen molar-refractivity contribution in [3.8, 4) is 0 Å². The number of nitrogens with zero attached hydrogens (tertiary/aromatic N) is 2. The van der Waals surface area contributed by atoms with Crippen molar-refractivity contribution in [2.24, 2.45) is 12.9 Å². The molecule has 0 saturated carbocycles. The van der Waals surface area contributed by atoms with E-state index in [4.69, 9.17) is 17.4 Å². The number of hydrogen-bond donors (Lipinski definition) is 2. The van der Waals surface area contributed by atoms with E-state index < -0.39 is 5.82 Å². The predicted octanol–water partition coefficient (Wildman–Crippen LogP) is 2.58. The molecule has 1 aromatic carbocycles. The fourth-order valence-corrected chi connectivity index (χ4v) is 2.56. The number of hydrazine groups is 1. The third-order valence-corrected chi connectivity index (χ3v) is 3.84. The Labute approximate surface area is 122 Å². The van der Waals surface area contributed by atoms with E-state index in [0.717, 1.165) is 22.5 Å². The normalized spacial score (nSPS) is 12.7. The summed E-state index contributed by atoms with van der Waals surface area (Å²) >= 11 is 5.69. The van der Waals surface area contributed by atoms with Gasteiger partial charge in [-0.1, -0.05) is 17.7 Å². The Morgan fingerprint density at radius 1 is 1.45 bits per heavy atom. The van der Waals surface area contributed by atoms with Crippen LogP contribution >= 0.6 is 11.6 Å². The summed E-state index contributed by atoms with van der Waals surface area (Å²) in [4.78, 5) is 0. The molecule has 4 nitrogen and oxygen atoms in total. The van der Waals surface area contributed by atoms with E-state index >= 15 is 0 Å². The fourth-order valence-electron chi connectivity index (χ4n) is 2.44. The van der Waals surface area contributed by atoms with Crippen molar-refractivity contribution in [2.75, 3.05) is 0 Å². The zero-order valence-electron chi connectivity index (χ0n) is 11.7. The first-order chi connectivity index (χ1) is 9.43. The summed E-state index contributed by atoms with van der Waals surface area (Å²) in [5.41, 5.74) is 6.63. The first-order valence-corrected chi connectivity index (χ1v) is 6.72. The van der Waals surface area contributed by atoms with Crippen LogP contribution in [0, 0.1) is 19.7 Å². The van der Waals surface area contributed by atoms with Crippen molar-refractivity contribution in [3.05, 3.63) is 51.6 Å². The van der Waals surface area contributed by atoms with E-state index in [1.807, 2.05) is 25.6 Å². The SMILES string of the molecule is Cc1nn(C)c(C)c1C(Cc1ccc(Cl)c(F)c1)NN. The van der Waals surface area contributed by atoms with Gasteiger partial charge in [0.25, 0.3) is 0 Å². The van der Waals surface area contributed by atoms with E-state index in [1.165, 1.54) is 6.07 Å². The van der Waals surface area contributed by atoms with Crippen LogP contribution in [0.2, 0.25) is 5.02 Å². The van der Waals surface area contributed by atoms with Gasteiger partial charge in [0.05, 0.1) is 16.8 Å². The maximum absolute atomic E-state index is 13.5. The lowest BCUT2D eigenvalue weighted by Gasteiger charge is -2.17. The highest BCUT2D eigenvalue weighted by Crippen LogP contribution is 2.25.